The van der Waals surface area contributed by atoms with Crippen molar-refractivity contribution in [3.05, 3.63) is 29.3 Å². The van der Waals surface area contributed by atoms with Gasteiger partial charge in [0.05, 0.1) is 18.5 Å². The Hall–Kier alpha value is -0.960. The van der Waals surface area contributed by atoms with Crippen molar-refractivity contribution in [1.82, 2.24) is 4.98 Å². The standard InChI is InChI=1S/C9H12FNO/c1-6(2)8-3-7(5-12)11-4-9(8)10/h3-4,6,12H,5H2,1-2H3. The maximum Gasteiger partial charge on any atom is 0.144 e. The molecule has 0 aliphatic heterocycles. The molecule has 0 fully saturated rings. The predicted molar refractivity (Wildman–Crippen MR) is 44.2 cm³/mol. The van der Waals surface area contributed by atoms with Gasteiger partial charge in [0.15, 0.2) is 0 Å². The summed E-state index contributed by atoms with van der Waals surface area (Å²) in [5, 5.41) is 8.75. The van der Waals surface area contributed by atoms with Crippen LogP contribution in [0.25, 0.3) is 0 Å². The fourth-order valence-corrected chi connectivity index (χ4v) is 1.03. The first-order chi connectivity index (χ1) is 5.65. The summed E-state index contributed by atoms with van der Waals surface area (Å²) in [6, 6.07) is 1.60. The highest BCUT2D eigenvalue weighted by Crippen LogP contribution is 2.17. The Kier molecular flexibility index (Phi) is 2.76. The highest BCUT2D eigenvalue weighted by atomic mass is 19.1. The molecule has 0 spiro atoms. The number of hydrogen-bond acceptors (Lipinski definition) is 2. The first-order valence-corrected chi connectivity index (χ1v) is 3.90. The molecule has 0 saturated heterocycles. The number of rotatable bonds is 2. The van der Waals surface area contributed by atoms with Gasteiger partial charge in [0.25, 0.3) is 0 Å². The van der Waals surface area contributed by atoms with Gasteiger partial charge in [0.1, 0.15) is 5.82 Å². The average Bonchev–Trinajstić information content (AvgIpc) is 2.05. The molecular formula is C9H12FNO. The molecule has 1 N–H and O–H groups in total. The van der Waals surface area contributed by atoms with Crippen LogP contribution < -0.4 is 0 Å². The third-order valence-corrected chi connectivity index (χ3v) is 1.73. The van der Waals surface area contributed by atoms with E-state index in [9.17, 15) is 4.39 Å². The first-order valence-electron chi connectivity index (χ1n) is 3.90. The van der Waals surface area contributed by atoms with E-state index in [-0.39, 0.29) is 18.3 Å². The van der Waals surface area contributed by atoms with Crippen LogP contribution in [0.2, 0.25) is 0 Å². The van der Waals surface area contributed by atoms with Gasteiger partial charge in [-0.1, -0.05) is 13.8 Å². The first kappa shape index (κ1) is 9.13. The highest BCUT2D eigenvalue weighted by Gasteiger charge is 2.07. The van der Waals surface area contributed by atoms with Crippen molar-refractivity contribution >= 4 is 0 Å². The largest absolute Gasteiger partial charge is 0.390 e. The minimum absolute atomic E-state index is 0.123. The van der Waals surface area contributed by atoms with Crippen molar-refractivity contribution < 1.29 is 9.50 Å². The Balaban J connectivity index is 3.08. The molecule has 0 aliphatic rings. The molecule has 0 saturated carbocycles. The summed E-state index contributed by atoms with van der Waals surface area (Å²) in [5.41, 5.74) is 1.12. The zero-order valence-corrected chi connectivity index (χ0v) is 7.21. The number of halogens is 1. The second-order valence-electron chi connectivity index (χ2n) is 3.01. The van der Waals surface area contributed by atoms with Gasteiger partial charge in [0, 0.05) is 0 Å². The molecule has 0 unspecified atom stereocenters. The lowest BCUT2D eigenvalue weighted by molar-refractivity contribution is 0.276. The minimum Gasteiger partial charge on any atom is -0.390 e. The van der Waals surface area contributed by atoms with Crippen LogP contribution in [0.1, 0.15) is 31.0 Å². The molecule has 0 radical (unpaired) electrons. The molecule has 12 heavy (non-hydrogen) atoms. The number of aromatic nitrogens is 1. The third kappa shape index (κ3) is 1.80. The summed E-state index contributed by atoms with van der Waals surface area (Å²) in [6.45, 7) is 3.67. The van der Waals surface area contributed by atoms with Gasteiger partial charge in [-0.3, -0.25) is 4.98 Å². The second-order valence-corrected chi connectivity index (χ2v) is 3.01. The van der Waals surface area contributed by atoms with Crippen LogP contribution >= 0.6 is 0 Å². The number of pyridine rings is 1. The molecule has 0 amide bonds. The van der Waals surface area contributed by atoms with Gasteiger partial charge in [0.2, 0.25) is 0 Å². The molecule has 0 bridgehead atoms. The Morgan fingerprint density at radius 1 is 1.58 bits per heavy atom. The normalized spacial score (nSPS) is 10.8. The number of nitrogens with zero attached hydrogens (tertiary/aromatic N) is 1. The summed E-state index contributed by atoms with van der Waals surface area (Å²) in [4.78, 5) is 3.71. The van der Waals surface area contributed by atoms with Crippen LogP contribution in [0, 0.1) is 5.82 Å². The van der Waals surface area contributed by atoms with Crippen molar-refractivity contribution in [2.75, 3.05) is 0 Å². The maximum absolute atomic E-state index is 13.0. The zero-order chi connectivity index (χ0) is 9.14. The topological polar surface area (TPSA) is 33.1 Å². The van der Waals surface area contributed by atoms with Gasteiger partial charge in [-0.2, -0.15) is 0 Å². The van der Waals surface area contributed by atoms with Crippen LogP contribution in [0.3, 0.4) is 0 Å². The van der Waals surface area contributed by atoms with E-state index in [0.717, 1.165) is 6.20 Å². The predicted octanol–water partition coefficient (Wildman–Crippen LogP) is 1.84. The molecule has 2 nitrogen and oxygen atoms in total. The van der Waals surface area contributed by atoms with E-state index < -0.39 is 0 Å². The number of aliphatic hydroxyl groups is 1. The summed E-state index contributed by atoms with van der Waals surface area (Å²) < 4.78 is 13.0. The molecule has 1 heterocycles. The van der Waals surface area contributed by atoms with Crippen LogP contribution in [0.4, 0.5) is 4.39 Å². The van der Waals surface area contributed by atoms with E-state index in [1.165, 1.54) is 0 Å². The molecule has 3 heteroatoms. The monoisotopic (exact) mass is 169 g/mol. The van der Waals surface area contributed by atoms with Crippen LogP contribution in [-0.2, 0) is 6.61 Å². The molecule has 0 atom stereocenters. The fraction of sp³-hybridized carbons (Fsp3) is 0.444. The fourth-order valence-electron chi connectivity index (χ4n) is 1.03. The smallest absolute Gasteiger partial charge is 0.144 e. The Morgan fingerprint density at radius 3 is 2.75 bits per heavy atom. The second kappa shape index (κ2) is 3.63. The Labute approximate surface area is 71.1 Å². The molecule has 66 valence electrons. The van der Waals surface area contributed by atoms with Gasteiger partial charge < -0.3 is 5.11 Å². The van der Waals surface area contributed by atoms with Crippen molar-refractivity contribution in [2.45, 2.75) is 26.4 Å². The SMILES string of the molecule is CC(C)c1cc(CO)ncc1F. The Morgan fingerprint density at radius 2 is 2.25 bits per heavy atom. The maximum atomic E-state index is 13.0. The van der Waals surface area contributed by atoms with Gasteiger partial charge in [-0.05, 0) is 17.5 Å². The lowest BCUT2D eigenvalue weighted by Crippen LogP contribution is -1.98. The van der Waals surface area contributed by atoms with E-state index in [1.54, 1.807) is 6.07 Å². The quantitative estimate of drug-likeness (QED) is 0.732. The van der Waals surface area contributed by atoms with E-state index in [0.29, 0.717) is 11.3 Å². The molecule has 0 aliphatic carbocycles. The molecule has 1 aromatic heterocycles. The van der Waals surface area contributed by atoms with Gasteiger partial charge in [-0.15, -0.1) is 0 Å². The van der Waals surface area contributed by atoms with Crippen LogP contribution in [-0.4, -0.2) is 10.1 Å². The van der Waals surface area contributed by atoms with Gasteiger partial charge >= 0.3 is 0 Å². The molecule has 1 aromatic rings. The zero-order valence-electron chi connectivity index (χ0n) is 7.21. The van der Waals surface area contributed by atoms with Crippen LogP contribution in [0.15, 0.2) is 12.3 Å². The van der Waals surface area contributed by atoms with Gasteiger partial charge in [-0.25, -0.2) is 4.39 Å². The number of hydrogen-bond donors (Lipinski definition) is 1. The summed E-state index contributed by atoms with van der Waals surface area (Å²) in [6.07, 6.45) is 1.15. The molecular weight excluding hydrogens is 157 g/mol. The lowest BCUT2D eigenvalue weighted by Gasteiger charge is -2.07. The number of aliphatic hydroxyl groups excluding tert-OH is 1. The van der Waals surface area contributed by atoms with Crippen molar-refractivity contribution in [3.63, 3.8) is 0 Å². The third-order valence-electron chi connectivity index (χ3n) is 1.73. The molecule has 1 rings (SSSR count). The van der Waals surface area contributed by atoms with E-state index in [1.807, 2.05) is 13.8 Å². The summed E-state index contributed by atoms with van der Waals surface area (Å²) in [5.74, 6) is -0.180. The average molecular weight is 169 g/mol. The van der Waals surface area contributed by atoms with E-state index >= 15 is 0 Å². The summed E-state index contributed by atoms with van der Waals surface area (Å²) >= 11 is 0. The van der Waals surface area contributed by atoms with E-state index in [2.05, 4.69) is 4.98 Å². The Bertz CT molecular complexity index is 273. The summed E-state index contributed by atoms with van der Waals surface area (Å²) in [7, 11) is 0. The highest BCUT2D eigenvalue weighted by molar-refractivity contribution is 5.20. The van der Waals surface area contributed by atoms with Crippen LogP contribution in [0.5, 0.6) is 0 Å². The minimum atomic E-state index is -0.304. The lowest BCUT2D eigenvalue weighted by atomic mass is 10.0. The van der Waals surface area contributed by atoms with Crippen molar-refractivity contribution in [2.24, 2.45) is 0 Å². The molecule has 0 aromatic carbocycles. The van der Waals surface area contributed by atoms with Crippen molar-refractivity contribution in [1.29, 1.82) is 0 Å². The van der Waals surface area contributed by atoms with Crippen molar-refractivity contribution in [3.8, 4) is 0 Å². The van der Waals surface area contributed by atoms with E-state index in [4.69, 9.17) is 5.11 Å².